The summed E-state index contributed by atoms with van der Waals surface area (Å²) in [5.41, 5.74) is -2.44. The van der Waals surface area contributed by atoms with Gasteiger partial charge in [0.25, 0.3) is 0 Å². The van der Waals surface area contributed by atoms with Crippen LogP contribution in [-0.2, 0) is 15.5 Å². The Bertz CT molecular complexity index is 513. The topological polar surface area (TPSA) is 18.5 Å². The molecule has 20 heavy (non-hydrogen) atoms. The van der Waals surface area contributed by atoms with E-state index in [9.17, 15) is 13.2 Å². The maximum absolute atomic E-state index is 13.1. The molecule has 0 bridgehead atoms. The largest absolute Gasteiger partial charge is 0.496 e. The number of alkyl halides is 3. The Kier molecular flexibility index (Phi) is 3.64. The highest BCUT2D eigenvalue weighted by atomic mass is 35.5. The molecular weight excluding hydrogens is 291 g/mol. The van der Waals surface area contributed by atoms with Gasteiger partial charge in [0.15, 0.2) is 0 Å². The number of rotatable bonds is 1. The van der Waals surface area contributed by atoms with Gasteiger partial charge in [-0.2, -0.15) is 13.2 Å². The molecule has 0 aromatic heterocycles. The maximum Gasteiger partial charge on any atom is 0.496 e. The lowest BCUT2D eigenvalue weighted by molar-refractivity contribution is -0.136. The van der Waals surface area contributed by atoms with Crippen molar-refractivity contribution in [1.29, 1.82) is 0 Å². The summed E-state index contributed by atoms with van der Waals surface area (Å²) in [6, 6.07) is 3.64. The summed E-state index contributed by atoms with van der Waals surface area (Å²) >= 11 is 5.94. The lowest BCUT2D eigenvalue weighted by Gasteiger charge is -2.32. The van der Waals surface area contributed by atoms with Gasteiger partial charge >= 0.3 is 13.3 Å². The third-order valence-electron chi connectivity index (χ3n) is 3.85. The molecule has 1 heterocycles. The Morgan fingerprint density at radius 2 is 1.55 bits per heavy atom. The van der Waals surface area contributed by atoms with Gasteiger partial charge in [-0.1, -0.05) is 23.7 Å². The van der Waals surface area contributed by atoms with E-state index in [1.807, 2.05) is 0 Å². The number of benzene rings is 1. The first-order valence-corrected chi connectivity index (χ1v) is 6.55. The van der Waals surface area contributed by atoms with Crippen LogP contribution in [0.4, 0.5) is 13.2 Å². The van der Waals surface area contributed by atoms with Gasteiger partial charge in [0.05, 0.1) is 16.8 Å². The van der Waals surface area contributed by atoms with Crippen molar-refractivity contribution in [2.75, 3.05) is 0 Å². The summed E-state index contributed by atoms with van der Waals surface area (Å²) in [6.07, 6.45) is -4.51. The molecule has 0 saturated carbocycles. The van der Waals surface area contributed by atoms with E-state index in [1.54, 1.807) is 27.7 Å². The molecule has 1 aliphatic rings. The van der Waals surface area contributed by atoms with Crippen molar-refractivity contribution in [3.63, 3.8) is 0 Å². The molecule has 2 nitrogen and oxygen atoms in total. The predicted molar refractivity (Wildman–Crippen MR) is 72.2 cm³/mol. The van der Waals surface area contributed by atoms with Crippen LogP contribution >= 0.6 is 11.6 Å². The summed E-state index contributed by atoms with van der Waals surface area (Å²) in [4.78, 5) is 0. The van der Waals surface area contributed by atoms with Gasteiger partial charge in [-0.05, 0) is 33.8 Å². The third kappa shape index (κ3) is 2.56. The average Bonchev–Trinajstić information content (AvgIpc) is 2.46. The van der Waals surface area contributed by atoms with Crippen LogP contribution in [0, 0.1) is 0 Å². The number of halogens is 4. The van der Waals surface area contributed by atoms with Crippen LogP contribution in [0.2, 0.25) is 5.02 Å². The quantitative estimate of drug-likeness (QED) is 0.737. The number of hydrogen-bond acceptors (Lipinski definition) is 2. The number of hydrogen-bond donors (Lipinski definition) is 0. The Hall–Kier alpha value is -0.715. The Morgan fingerprint density at radius 3 is 2.00 bits per heavy atom. The minimum Gasteiger partial charge on any atom is -0.399 e. The van der Waals surface area contributed by atoms with Gasteiger partial charge in [0.1, 0.15) is 0 Å². The first-order valence-electron chi connectivity index (χ1n) is 6.17. The lowest BCUT2D eigenvalue weighted by atomic mass is 9.75. The zero-order valence-corrected chi connectivity index (χ0v) is 12.4. The molecule has 1 aliphatic heterocycles. The van der Waals surface area contributed by atoms with Crippen LogP contribution in [0.1, 0.15) is 33.3 Å². The van der Waals surface area contributed by atoms with Gasteiger partial charge < -0.3 is 9.31 Å². The van der Waals surface area contributed by atoms with Crippen LogP contribution < -0.4 is 5.46 Å². The van der Waals surface area contributed by atoms with Crippen LogP contribution in [0.5, 0.6) is 0 Å². The SMILES string of the molecule is CC1(C)OB(c2c(Cl)cccc2C(F)(F)F)OC1(C)C. The molecule has 0 unspecified atom stereocenters. The minimum absolute atomic E-state index is 0.0154. The molecule has 0 amide bonds. The Morgan fingerprint density at radius 1 is 1.05 bits per heavy atom. The molecule has 1 saturated heterocycles. The first-order chi connectivity index (χ1) is 8.96. The Balaban J connectivity index is 2.50. The second-order valence-corrected chi connectivity index (χ2v) is 6.19. The van der Waals surface area contributed by atoms with Gasteiger partial charge in [-0.3, -0.25) is 0 Å². The minimum atomic E-state index is -4.51. The molecule has 110 valence electrons. The molecule has 1 aromatic rings. The highest BCUT2D eigenvalue weighted by Gasteiger charge is 2.54. The second-order valence-electron chi connectivity index (χ2n) is 5.79. The summed E-state index contributed by atoms with van der Waals surface area (Å²) in [6.45, 7) is 7.10. The van der Waals surface area contributed by atoms with Gasteiger partial charge in [-0.25, -0.2) is 0 Å². The van der Waals surface area contributed by atoms with Crippen molar-refractivity contribution >= 4 is 24.2 Å². The van der Waals surface area contributed by atoms with E-state index in [0.717, 1.165) is 6.07 Å². The van der Waals surface area contributed by atoms with Crippen molar-refractivity contribution < 1.29 is 22.5 Å². The molecule has 0 atom stereocenters. The first kappa shape index (κ1) is 15.7. The molecule has 1 aromatic carbocycles. The molecule has 7 heteroatoms. The maximum atomic E-state index is 13.1. The smallest absolute Gasteiger partial charge is 0.399 e. The summed E-state index contributed by atoms with van der Waals surface area (Å²) in [5, 5.41) is -0.0154. The van der Waals surface area contributed by atoms with E-state index < -0.39 is 30.1 Å². The van der Waals surface area contributed by atoms with Crippen molar-refractivity contribution in [3.8, 4) is 0 Å². The zero-order valence-electron chi connectivity index (χ0n) is 11.6. The van der Waals surface area contributed by atoms with Gasteiger partial charge in [-0.15, -0.1) is 0 Å². The van der Waals surface area contributed by atoms with E-state index in [4.69, 9.17) is 20.9 Å². The zero-order chi connectivity index (χ0) is 15.3. The van der Waals surface area contributed by atoms with E-state index in [2.05, 4.69) is 0 Å². The fourth-order valence-corrected chi connectivity index (χ4v) is 2.25. The monoisotopic (exact) mass is 306 g/mol. The molecule has 0 radical (unpaired) electrons. The molecule has 0 N–H and O–H groups in total. The van der Waals surface area contributed by atoms with Crippen molar-refractivity contribution in [2.24, 2.45) is 0 Å². The Labute approximate surface area is 121 Å². The van der Waals surface area contributed by atoms with Gasteiger partial charge in [0.2, 0.25) is 0 Å². The predicted octanol–water partition coefficient (Wildman–Crippen LogP) is 3.66. The fraction of sp³-hybridized carbons (Fsp3) is 0.538. The summed E-state index contributed by atoms with van der Waals surface area (Å²) in [5.74, 6) is 0. The van der Waals surface area contributed by atoms with Gasteiger partial charge in [0, 0.05) is 10.5 Å². The molecule has 1 fully saturated rings. The van der Waals surface area contributed by atoms with Crippen LogP contribution in [0.25, 0.3) is 0 Å². The highest BCUT2D eigenvalue weighted by Crippen LogP contribution is 2.39. The van der Waals surface area contributed by atoms with Crippen molar-refractivity contribution in [1.82, 2.24) is 0 Å². The molecule has 0 spiro atoms. The van der Waals surface area contributed by atoms with Crippen LogP contribution in [0.15, 0.2) is 18.2 Å². The lowest BCUT2D eigenvalue weighted by Crippen LogP contribution is -2.41. The molecule has 2 rings (SSSR count). The second kappa shape index (κ2) is 4.65. The standard InChI is InChI=1S/C13H15BClF3O2/c1-11(2)12(3,4)20-14(19-11)10-8(13(16,17)18)6-5-7-9(10)15/h5-7H,1-4H3. The summed E-state index contributed by atoms with van der Waals surface area (Å²) in [7, 11) is -1.13. The van der Waals surface area contributed by atoms with Crippen molar-refractivity contribution in [2.45, 2.75) is 45.1 Å². The third-order valence-corrected chi connectivity index (χ3v) is 4.18. The van der Waals surface area contributed by atoms with E-state index in [1.165, 1.54) is 12.1 Å². The van der Waals surface area contributed by atoms with E-state index in [0.29, 0.717) is 0 Å². The molecule has 0 aliphatic carbocycles. The van der Waals surface area contributed by atoms with Crippen molar-refractivity contribution in [3.05, 3.63) is 28.8 Å². The van der Waals surface area contributed by atoms with E-state index >= 15 is 0 Å². The van der Waals surface area contributed by atoms with Crippen LogP contribution in [0.3, 0.4) is 0 Å². The van der Waals surface area contributed by atoms with Crippen LogP contribution in [-0.4, -0.2) is 18.3 Å². The molecular formula is C13H15BClF3O2. The summed E-state index contributed by atoms with van der Waals surface area (Å²) < 4.78 is 50.6. The average molecular weight is 307 g/mol. The highest BCUT2D eigenvalue weighted by molar-refractivity contribution is 6.66. The normalized spacial score (nSPS) is 21.3. The van der Waals surface area contributed by atoms with E-state index in [-0.39, 0.29) is 10.5 Å². The fourth-order valence-electron chi connectivity index (χ4n) is 1.98.